The number of carbonyl (C=O) groups is 3. The van der Waals surface area contributed by atoms with Crippen LogP contribution in [-0.4, -0.2) is 62.8 Å². The lowest BCUT2D eigenvalue weighted by Gasteiger charge is -2.47. The second kappa shape index (κ2) is 5.89. The molecule has 1 aromatic rings. The zero-order chi connectivity index (χ0) is 17.5. The van der Waals surface area contributed by atoms with Crippen molar-refractivity contribution < 1.29 is 19.5 Å². The first-order chi connectivity index (χ1) is 11.3. The van der Waals surface area contributed by atoms with E-state index in [-0.39, 0.29) is 23.4 Å². The van der Waals surface area contributed by atoms with Crippen LogP contribution in [0.3, 0.4) is 0 Å². The number of carbonyl (C=O) groups excluding carboxylic acids is 2. The van der Waals surface area contributed by atoms with Gasteiger partial charge >= 0.3 is 5.97 Å². The number of carboxylic acid groups (broad SMARTS) is 1. The minimum atomic E-state index is -1.16. The highest BCUT2D eigenvalue weighted by molar-refractivity contribution is 5.97. The Morgan fingerprint density at radius 1 is 1.25 bits per heavy atom. The molecule has 0 aromatic carbocycles. The quantitative estimate of drug-likeness (QED) is 0.900. The Labute approximate surface area is 140 Å². The monoisotopic (exact) mass is 331 g/mol. The van der Waals surface area contributed by atoms with Crippen molar-refractivity contribution in [1.82, 2.24) is 14.8 Å². The van der Waals surface area contributed by atoms with Gasteiger partial charge in [0.1, 0.15) is 5.69 Å². The van der Waals surface area contributed by atoms with Crippen LogP contribution in [0.4, 0.5) is 0 Å². The largest absolute Gasteiger partial charge is 0.477 e. The third kappa shape index (κ3) is 3.11. The van der Waals surface area contributed by atoms with Crippen LogP contribution in [0.1, 0.15) is 47.5 Å². The number of aromatic nitrogens is 1. The smallest absolute Gasteiger partial charge is 0.354 e. The van der Waals surface area contributed by atoms with Crippen LogP contribution in [0, 0.1) is 5.92 Å². The molecule has 0 bridgehead atoms. The molecule has 1 aliphatic carbocycles. The van der Waals surface area contributed by atoms with Crippen LogP contribution in [0.15, 0.2) is 18.3 Å². The zero-order valence-corrected chi connectivity index (χ0v) is 13.9. The molecule has 7 heteroatoms. The van der Waals surface area contributed by atoms with Crippen molar-refractivity contribution in [3.63, 3.8) is 0 Å². The van der Waals surface area contributed by atoms with Crippen LogP contribution in [0.25, 0.3) is 0 Å². The Kier molecular flexibility index (Phi) is 4.03. The summed E-state index contributed by atoms with van der Waals surface area (Å²) in [6.45, 7) is 5.30. The Balaban J connectivity index is 1.77. The summed E-state index contributed by atoms with van der Waals surface area (Å²) in [5.74, 6) is -1.04. The van der Waals surface area contributed by atoms with Crippen molar-refractivity contribution in [1.29, 1.82) is 0 Å². The molecule has 7 nitrogen and oxygen atoms in total. The van der Waals surface area contributed by atoms with E-state index in [9.17, 15) is 14.4 Å². The van der Waals surface area contributed by atoms with Crippen LogP contribution in [-0.2, 0) is 4.79 Å². The molecule has 0 unspecified atom stereocenters. The fourth-order valence-electron chi connectivity index (χ4n) is 3.14. The molecule has 2 amide bonds. The number of hydrogen-bond donors (Lipinski definition) is 1. The Morgan fingerprint density at radius 2 is 1.96 bits per heavy atom. The summed E-state index contributed by atoms with van der Waals surface area (Å²) in [6, 6.07) is 2.81. The van der Waals surface area contributed by atoms with Gasteiger partial charge in [-0.2, -0.15) is 0 Å². The Bertz CT molecular complexity index is 697. The van der Waals surface area contributed by atoms with Gasteiger partial charge in [0.05, 0.1) is 5.54 Å². The molecule has 1 saturated carbocycles. The van der Waals surface area contributed by atoms with E-state index < -0.39 is 11.5 Å². The maximum atomic E-state index is 12.8. The maximum Gasteiger partial charge on any atom is 0.354 e. The molecule has 1 aromatic heterocycles. The minimum Gasteiger partial charge on any atom is -0.477 e. The summed E-state index contributed by atoms with van der Waals surface area (Å²) in [7, 11) is 0. The number of amides is 2. The van der Waals surface area contributed by atoms with Gasteiger partial charge in [0.15, 0.2) is 0 Å². The highest BCUT2D eigenvalue weighted by Gasteiger charge is 2.42. The lowest BCUT2D eigenvalue weighted by atomic mass is 9.97. The average Bonchev–Trinajstić information content (AvgIpc) is 3.37. The predicted molar refractivity (Wildman–Crippen MR) is 85.6 cm³/mol. The van der Waals surface area contributed by atoms with Gasteiger partial charge in [-0.15, -0.1) is 0 Å². The third-order valence-corrected chi connectivity index (χ3v) is 4.61. The first-order valence-electron chi connectivity index (χ1n) is 8.10. The van der Waals surface area contributed by atoms with Crippen LogP contribution in [0.2, 0.25) is 0 Å². The first kappa shape index (κ1) is 16.4. The molecule has 0 spiro atoms. The van der Waals surface area contributed by atoms with E-state index in [0.29, 0.717) is 25.2 Å². The molecule has 0 atom stereocenters. The number of hydrogen-bond acceptors (Lipinski definition) is 4. The summed E-state index contributed by atoms with van der Waals surface area (Å²) in [5.41, 5.74) is -0.356. The van der Waals surface area contributed by atoms with Gasteiger partial charge in [0, 0.05) is 37.3 Å². The molecule has 0 radical (unpaired) electrons. The molecule has 2 heterocycles. The number of nitrogens with zero attached hydrogens (tertiary/aromatic N) is 3. The normalized spacial score (nSPS) is 19.9. The molecule has 1 aliphatic heterocycles. The fourth-order valence-corrected chi connectivity index (χ4v) is 3.14. The SMILES string of the molecule is CC1(C)CN(C(=O)C2CC2)CCN1C(=O)c1ccnc(C(=O)O)c1. The second-order valence-electron chi connectivity index (χ2n) is 7.04. The van der Waals surface area contributed by atoms with Crippen molar-refractivity contribution in [3.8, 4) is 0 Å². The van der Waals surface area contributed by atoms with Gasteiger partial charge < -0.3 is 14.9 Å². The maximum absolute atomic E-state index is 12.8. The molecule has 1 saturated heterocycles. The summed E-state index contributed by atoms with van der Waals surface area (Å²) < 4.78 is 0. The minimum absolute atomic E-state index is 0.152. The van der Waals surface area contributed by atoms with Crippen LogP contribution < -0.4 is 0 Å². The molecule has 1 N–H and O–H groups in total. The van der Waals surface area contributed by atoms with Crippen molar-refractivity contribution in [2.75, 3.05) is 19.6 Å². The van der Waals surface area contributed by atoms with E-state index in [1.54, 1.807) is 4.90 Å². The number of piperazine rings is 1. The summed E-state index contributed by atoms with van der Waals surface area (Å²) >= 11 is 0. The van der Waals surface area contributed by atoms with Crippen LogP contribution in [0.5, 0.6) is 0 Å². The van der Waals surface area contributed by atoms with Crippen molar-refractivity contribution in [2.45, 2.75) is 32.2 Å². The lowest BCUT2D eigenvalue weighted by molar-refractivity contribution is -0.136. The van der Waals surface area contributed by atoms with Crippen molar-refractivity contribution in [2.24, 2.45) is 5.92 Å². The molecule has 128 valence electrons. The van der Waals surface area contributed by atoms with E-state index in [1.165, 1.54) is 18.3 Å². The number of carboxylic acids is 1. The molecule has 2 fully saturated rings. The van der Waals surface area contributed by atoms with E-state index in [0.717, 1.165) is 12.8 Å². The highest BCUT2D eigenvalue weighted by atomic mass is 16.4. The molecule has 24 heavy (non-hydrogen) atoms. The van der Waals surface area contributed by atoms with E-state index >= 15 is 0 Å². The van der Waals surface area contributed by atoms with Gasteiger partial charge in [0.25, 0.3) is 5.91 Å². The lowest BCUT2D eigenvalue weighted by Crippen LogP contribution is -2.62. The summed E-state index contributed by atoms with van der Waals surface area (Å²) in [4.78, 5) is 43.4. The van der Waals surface area contributed by atoms with Crippen molar-refractivity contribution in [3.05, 3.63) is 29.6 Å². The predicted octanol–water partition coefficient (Wildman–Crippen LogP) is 1.25. The third-order valence-electron chi connectivity index (χ3n) is 4.61. The first-order valence-corrected chi connectivity index (χ1v) is 8.10. The van der Waals surface area contributed by atoms with E-state index in [1.807, 2.05) is 18.7 Å². The number of pyridine rings is 1. The summed E-state index contributed by atoms with van der Waals surface area (Å²) in [6.07, 6.45) is 3.26. The van der Waals surface area contributed by atoms with E-state index in [2.05, 4.69) is 4.98 Å². The topological polar surface area (TPSA) is 90.8 Å². The highest BCUT2D eigenvalue weighted by Crippen LogP contribution is 2.33. The summed E-state index contributed by atoms with van der Waals surface area (Å²) in [5, 5.41) is 9.03. The van der Waals surface area contributed by atoms with Gasteiger partial charge in [-0.25, -0.2) is 9.78 Å². The molecule has 2 aliphatic rings. The molecular formula is C17H21N3O4. The van der Waals surface area contributed by atoms with Gasteiger partial charge in [-0.1, -0.05) is 0 Å². The number of rotatable bonds is 3. The molecular weight excluding hydrogens is 310 g/mol. The fraction of sp³-hybridized carbons (Fsp3) is 0.529. The van der Waals surface area contributed by atoms with Gasteiger partial charge in [-0.05, 0) is 38.8 Å². The average molecular weight is 331 g/mol. The van der Waals surface area contributed by atoms with Gasteiger partial charge in [-0.3, -0.25) is 9.59 Å². The second-order valence-corrected chi connectivity index (χ2v) is 7.04. The Hall–Kier alpha value is -2.44. The number of aromatic carboxylic acids is 1. The zero-order valence-electron chi connectivity index (χ0n) is 13.9. The van der Waals surface area contributed by atoms with Crippen LogP contribution >= 0.6 is 0 Å². The van der Waals surface area contributed by atoms with E-state index in [4.69, 9.17) is 5.11 Å². The van der Waals surface area contributed by atoms with Gasteiger partial charge in [0.2, 0.25) is 5.91 Å². The Morgan fingerprint density at radius 3 is 2.54 bits per heavy atom. The standard InChI is InChI=1S/C17H21N3O4/c1-17(2)10-19(14(21)11-3-4-11)7-8-20(17)15(22)12-5-6-18-13(9-12)16(23)24/h5-6,9,11H,3-4,7-8,10H2,1-2H3,(H,23,24). The van der Waals surface area contributed by atoms with Crippen molar-refractivity contribution >= 4 is 17.8 Å². The molecule has 3 rings (SSSR count).